The van der Waals surface area contributed by atoms with Gasteiger partial charge in [0, 0.05) is 32.7 Å². The molecule has 1 aliphatic rings. The molecule has 2 aromatic carbocycles. The molecule has 0 amide bonds. The van der Waals surface area contributed by atoms with Crippen molar-refractivity contribution >= 4 is 35.6 Å². The molecule has 29 heavy (non-hydrogen) atoms. The number of aryl methyl sites for hydroxylation is 1. The maximum absolute atomic E-state index is 5.50. The summed E-state index contributed by atoms with van der Waals surface area (Å²) < 4.78 is 10.9. The lowest BCUT2D eigenvalue weighted by Gasteiger charge is -2.22. The number of benzene rings is 2. The zero-order valence-electron chi connectivity index (χ0n) is 17.6. The van der Waals surface area contributed by atoms with Crippen molar-refractivity contribution in [3.63, 3.8) is 0 Å². The summed E-state index contributed by atoms with van der Waals surface area (Å²) in [5.74, 6) is 2.61. The van der Waals surface area contributed by atoms with Crippen LogP contribution < -0.4 is 25.0 Å². The van der Waals surface area contributed by atoms with Gasteiger partial charge in [-0.1, -0.05) is 18.2 Å². The van der Waals surface area contributed by atoms with E-state index in [1.54, 1.807) is 21.3 Å². The van der Waals surface area contributed by atoms with Gasteiger partial charge in [-0.3, -0.25) is 4.99 Å². The van der Waals surface area contributed by atoms with Crippen LogP contribution >= 0.6 is 24.0 Å². The molecule has 6 nitrogen and oxygen atoms in total. The fourth-order valence-corrected chi connectivity index (χ4v) is 3.61. The van der Waals surface area contributed by atoms with Crippen LogP contribution in [0.1, 0.15) is 17.5 Å². The Kier molecular flexibility index (Phi) is 8.88. The lowest BCUT2D eigenvalue weighted by atomic mass is 10.1. The van der Waals surface area contributed by atoms with Gasteiger partial charge >= 0.3 is 0 Å². The average Bonchev–Trinajstić information content (AvgIpc) is 3.18. The van der Waals surface area contributed by atoms with Crippen LogP contribution in [-0.4, -0.2) is 46.4 Å². The Morgan fingerprint density at radius 2 is 1.97 bits per heavy atom. The van der Waals surface area contributed by atoms with Crippen molar-refractivity contribution in [2.24, 2.45) is 4.99 Å². The first-order chi connectivity index (χ1) is 13.6. The van der Waals surface area contributed by atoms with Gasteiger partial charge in [0.15, 0.2) is 5.96 Å². The van der Waals surface area contributed by atoms with Gasteiger partial charge in [-0.25, -0.2) is 0 Å². The second kappa shape index (κ2) is 11.1. The highest BCUT2D eigenvalue weighted by atomic mass is 127. The van der Waals surface area contributed by atoms with Crippen LogP contribution in [0.15, 0.2) is 47.5 Å². The standard InChI is InChI=1S/C22H30N4O2.HI/c1-16-11-17(13-19(12-16)27-3)14-24-22(23-2)25-18-9-10-26(15-18)20-7-5-6-8-21(20)28-4;/h5-8,11-13,18H,9-10,14-15H2,1-4H3,(H2,23,24,25);1H. The van der Waals surface area contributed by atoms with Gasteiger partial charge in [-0.2, -0.15) is 0 Å². The molecule has 1 saturated heterocycles. The number of methoxy groups -OCH3 is 2. The van der Waals surface area contributed by atoms with Crippen molar-refractivity contribution in [1.29, 1.82) is 0 Å². The minimum absolute atomic E-state index is 0. The van der Waals surface area contributed by atoms with Crippen LogP contribution in [0.25, 0.3) is 0 Å². The SMILES string of the molecule is CN=C(NCc1cc(C)cc(OC)c1)NC1CCN(c2ccccc2OC)C1.I. The van der Waals surface area contributed by atoms with Gasteiger partial charge < -0.3 is 25.0 Å². The van der Waals surface area contributed by atoms with Crippen molar-refractivity contribution in [1.82, 2.24) is 10.6 Å². The Bertz CT molecular complexity index is 828. The molecule has 1 heterocycles. The van der Waals surface area contributed by atoms with Crippen LogP contribution in [0.3, 0.4) is 0 Å². The summed E-state index contributed by atoms with van der Waals surface area (Å²) in [6.07, 6.45) is 1.05. The van der Waals surface area contributed by atoms with Crippen LogP contribution in [0.4, 0.5) is 5.69 Å². The Labute approximate surface area is 190 Å². The van der Waals surface area contributed by atoms with E-state index in [0.29, 0.717) is 12.6 Å². The molecule has 0 saturated carbocycles. The largest absolute Gasteiger partial charge is 0.497 e. The third-order valence-corrected chi connectivity index (χ3v) is 4.98. The normalized spacial score (nSPS) is 16.2. The third-order valence-electron chi connectivity index (χ3n) is 4.98. The summed E-state index contributed by atoms with van der Waals surface area (Å²) in [7, 11) is 5.22. The van der Waals surface area contributed by atoms with Gasteiger partial charge in [0.05, 0.1) is 19.9 Å². The minimum Gasteiger partial charge on any atom is -0.497 e. The highest BCUT2D eigenvalue weighted by molar-refractivity contribution is 14.0. The molecule has 0 aliphatic carbocycles. The van der Waals surface area contributed by atoms with Crippen molar-refractivity contribution in [2.75, 3.05) is 39.3 Å². The van der Waals surface area contributed by atoms with E-state index in [4.69, 9.17) is 9.47 Å². The second-order valence-corrected chi connectivity index (χ2v) is 7.03. The second-order valence-electron chi connectivity index (χ2n) is 7.03. The minimum atomic E-state index is 0. The molecule has 1 aliphatic heterocycles. The van der Waals surface area contributed by atoms with Crippen molar-refractivity contribution in [2.45, 2.75) is 25.9 Å². The Hall–Kier alpha value is -2.16. The quantitative estimate of drug-likeness (QED) is 0.354. The van der Waals surface area contributed by atoms with E-state index in [1.165, 1.54) is 11.1 Å². The first kappa shape index (κ1) is 23.1. The smallest absolute Gasteiger partial charge is 0.191 e. The molecule has 0 bridgehead atoms. The number of hydrogen-bond acceptors (Lipinski definition) is 4. The maximum Gasteiger partial charge on any atom is 0.191 e. The molecule has 7 heteroatoms. The van der Waals surface area contributed by atoms with E-state index < -0.39 is 0 Å². The summed E-state index contributed by atoms with van der Waals surface area (Å²) in [5, 5.41) is 6.95. The predicted molar refractivity (Wildman–Crippen MR) is 130 cm³/mol. The van der Waals surface area contributed by atoms with E-state index in [-0.39, 0.29) is 24.0 Å². The van der Waals surface area contributed by atoms with Gasteiger partial charge in [-0.15, -0.1) is 24.0 Å². The summed E-state index contributed by atoms with van der Waals surface area (Å²) in [4.78, 5) is 6.74. The highest BCUT2D eigenvalue weighted by Crippen LogP contribution is 2.30. The molecule has 2 N–H and O–H groups in total. The number of aliphatic imine (C=N–C) groups is 1. The number of rotatable bonds is 6. The zero-order chi connectivity index (χ0) is 19.9. The molecule has 2 aromatic rings. The lowest BCUT2D eigenvalue weighted by molar-refractivity contribution is 0.414. The molecule has 1 atom stereocenters. The van der Waals surface area contributed by atoms with E-state index >= 15 is 0 Å². The Morgan fingerprint density at radius 3 is 2.69 bits per heavy atom. The highest BCUT2D eigenvalue weighted by Gasteiger charge is 2.25. The van der Waals surface area contributed by atoms with E-state index in [9.17, 15) is 0 Å². The van der Waals surface area contributed by atoms with E-state index in [0.717, 1.165) is 42.7 Å². The van der Waals surface area contributed by atoms with E-state index in [1.807, 2.05) is 24.3 Å². The van der Waals surface area contributed by atoms with Gasteiger partial charge in [0.2, 0.25) is 0 Å². The zero-order valence-corrected chi connectivity index (χ0v) is 19.9. The Balaban J connectivity index is 0.00000300. The van der Waals surface area contributed by atoms with Crippen LogP contribution in [0.5, 0.6) is 11.5 Å². The first-order valence-electron chi connectivity index (χ1n) is 9.62. The number of nitrogens with zero attached hydrogens (tertiary/aromatic N) is 2. The number of halogens is 1. The summed E-state index contributed by atoms with van der Waals surface area (Å²) >= 11 is 0. The number of para-hydroxylation sites is 2. The molecule has 3 rings (SSSR count). The average molecular weight is 510 g/mol. The van der Waals surface area contributed by atoms with Crippen LogP contribution in [0.2, 0.25) is 0 Å². The van der Waals surface area contributed by atoms with Gasteiger partial charge in [0.25, 0.3) is 0 Å². The van der Waals surface area contributed by atoms with Crippen LogP contribution in [-0.2, 0) is 6.54 Å². The topological polar surface area (TPSA) is 58.1 Å². The van der Waals surface area contributed by atoms with Gasteiger partial charge in [0.1, 0.15) is 11.5 Å². The molecule has 0 aromatic heterocycles. The molecular weight excluding hydrogens is 479 g/mol. The number of hydrogen-bond donors (Lipinski definition) is 2. The molecule has 1 unspecified atom stereocenters. The third kappa shape index (κ3) is 6.16. The van der Waals surface area contributed by atoms with Crippen molar-refractivity contribution in [3.8, 4) is 11.5 Å². The molecule has 1 fully saturated rings. The fraction of sp³-hybridized carbons (Fsp3) is 0.409. The molecular formula is C22H31IN4O2. The van der Waals surface area contributed by atoms with Crippen molar-refractivity contribution < 1.29 is 9.47 Å². The number of anilines is 1. The molecule has 0 radical (unpaired) electrons. The monoisotopic (exact) mass is 510 g/mol. The number of nitrogens with one attached hydrogen (secondary N) is 2. The summed E-state index contributed by atoms with van der Waals surface area (Å²) in [5.41, 5.74) is 3.49. The predicted octanol–water partition coefficient (Wildman–Crippen LogP) is 3.57. The number of ether oxygens (including phenoxy) is 2. The fourth-order valence-electron chi connectivity index (χ4n) is 3.61. The number of guanidine groups is 1. The van der Waals surface area contributed by atoms with Crippen LogP contribution in [0, 0.1) is 6.92 Å². The lowest BCUT2D eigenvalue weighted by Crippen LogP contribution is -2.44. The van der Waals surface area contributed by atoms with E-state index in [2.05, 4.69) is 45.6 Å². The summed E-state index contributed by atoms with van der Waals surface area (Å²) in [6.45, 7) is 4.67. The maximum atomic E-state index is 5.50. The van der Waals surface area contributed by atoms with Gasteiger partial charge in [-0.05, 0) is 48.7 Å². The first-order valence-corrected chi connectivity index (χ1v) is 9.62. The van der Waals surface area contributed by atoms with Crippen molar-refractivity contribution in [3.05, 3.63) is 53.6 Å². The molecule has 0 spiro atoms. The molecule has 158 valence electrons. The Morgan fingerprint density at radius 1 is 1.17 bits per heavy atom. The summed E-state index contributed by atoms with van der Waals surface area (Å²) in [6, 6.07) is 14.7.